The van der Waals surface area contributed by atoms with Gasteiger partial charge in [0.2, 0.25) is 0 Å². The third kappa shape index (κ3) is 6.13. The predicted octanol–water partition coefficient (Wildman–Crippen LogP) is 4.23. The monoisotopic (exact) mass is 359 g/mol. The van der Waals surface area contributed by atoms with Crippen LogP contribution in [0.5, 0.6) is 0 Å². The van der Waals surface area contributed by atoms with Crippen LogP contribution in [0.4, 0.5) is 5.82 Å². The number of nitrogens with one attached hydrogen (secondary N) is 1. The number of hydrogen-bond donors (Lipinski definition) is 1. The van der Waals surface area contributed by atoms with E-state index in [-0.39, 0.29) is 24.8 Å². The van der Waals surface area contributed by atoms with Crippen molar-refractivity contribution in [1.29, 1.82) is 0 Å². The third-order valence-corrected chi connectivity index (χ3v) is 5.25. The van der Waals surface area contributed by atoms with Gasteiger partial charge in [0.25, 0.3) is 0 Å². The molecule has 0 amide bonds. The summed E-state index contributed by atoms with van der Waals surface area (Å²) in [4.78, 5) is 7.13. The summed E-state index contributed by atoms with van der Waals surface area (Å²) in [6.07, 6.45) is 8.38. The Bertz CT molecular complexity index is 442. The molecule has 0 aromatic carbocycles. The molecule has 0 unspecified atom stereocenters. The van der Waals surface area contributed by atoms with Gasteiger partial charge in [-0.3, -0.25) is 0 Å². The van der Waals surface area contributed by atoms with Crippen molar-refractivity contribution in [3.05, 3.63) is 23.9 Å². The molecule has 2 saturated heterocycles. The van der Waals surface area contributed by atoms with Crippen LogP contribution < -0.4 is 10.2 Å². The van der Waals surface area contributed by atoms with E-state index in [4.69, 9.17) is 0 Å². The lowest BCUT2D eigenvalue weighted by molar-refractivity contribution is 0.295. The zero-order chi connectivity index (χ0) is 14.5. The molecule has 1 aromatic rings. The zero-order valence-corrected chi connectivity index (χ0v) is 15.8. The Hall–Kier alpha value is -0.510. The number of anilines is 1. The van der Waals surface area contributed by atoms with Gasteiger partial charge >= 0.3 is 0 Å². The number of piperidine rings is 2. The van der Waals surface area contributed by atoms with Gasteiger partial charge in [0, 0.05) is 18.8 Å². The van der Waals surface area contributed by atoms with E-state index in [1.165, 1.54) is 70.5 Å². The molecule has 23 heavy (non-hydrogen) atoms. The molecular formula is C18H31Cl2N3. The van der Waals surface area contributed by atoms with Crippen molar-refractivity contribution in [2.45, 2.75) is 45.4 Å². The van der Waals surface area contributed by atoms with E-state index in [1.807, 2.05) is 0 Å². The van der Waals surface area contributed by atoms with Crippen molar-refractivity contribution in [1.82, 2.24) is 10.3 Å². The average molecular weight is 360 g/mol. The number of hydrogen-bond acceptors (Lipinski definition) is 3. The first-order chi connectivity index (χ1) is 10.3. The molecule has 3 heterocycles. The number of pyridine rings is 1. The van der Waals surface area contributed by atoms with Crippen LogP contribution in [0.15, 0.2) is 18.2 Å². The van der Waals surface area contributed by atoms with E-state index in [2.05, 4.69) is 40.3 Å². The highest BCUT2D eigenvalue weighted by molar-refractivity contribution is 5.85. The van der Waals surface area contributed by atoms with E-state index < -0.39 is 0 Å². The summed E-state index contributed by atoms with van der Waals surface area (Å²) < 4.78 is 0. The molecule has 1 N–H and O–H groups in total. The first kappa shape index (κ1) is 20.5. The Labute approximate surface area is 153 Å². The largest absolute Gasteiger partial charge is 0.357 e. The van der Waals surface area contributed by atoms with Gasteiger partial charge in [-0.05, 0) is 69.7 Å². The minimum Gasteiger partial charge on any atom is -0.357 e. The van der Waals surface area contributed by atoms with Crippen LogP contribution in [0.25, 0.3) is 0 Å². The molecule has 2 aliphatic rings. The van der Waals surface area contributed by atoms with Crippen molar-refractivity contribution in [3.63, 3.8) is 0 Å². The lowest BCUT2D eigenvalue weighted by Crippen LogP contribution is -2.34. The highest BCUT2D eigenvalue weighted by atomic mass is 35.5. The van der Waals surface area contributed by atoms with Crippen LogP contribution >= 0.6 is 24.8 Å². The van der Waals surface area contributed by atoms with E-state index in [0.29, 0.717) is 0 Å². The Morgan fingerprint density at radius 2 is 1.61 bits per heavy atom. The Kier molecular flexibility index (Phi) is 9.26. The van der Waals surface area contributed by atoms with Gasteiger partial charge in [0.1, 0.15) is 5.82 Å². The molecule has 0 aliphatic carbocycles. The van der Waals surface area contributed by atoms with Crippen LogP contribution in [0.1, 0.15) is 44.2 Å². The molecule has 1 aromatic heterocycles. The Morgan fingerprint density at radius 3 is 2.22 bits per heavy atom. The molecular weight excluding hydrogens is 329 g/mol. The van der Waals surface area contributed by atoms with Crippen molar-refractivity contribution in [3.8, 4) is 0 Å². The average Bonchev–Trinajstić information content (AvgIpc) is 2.54. The fourth-order valence-electron chi connectivity index (χ4n) is 3.80. The van der Waals surface area contributed by atoms with E-state index in [1.54, 1.807) is 0 Å². The summed E-state index contributed by atoms with van der Waals surface area (Å²) in [6, 6.07) is 6.36. The van der Waals surface area contributed by atoms with Crippen molar-refractivity contribution >= 4 is 30.6 Å². The summed E-state index contributed by atoms with van der Waals surface area (Å²) in [5, 5.41) is 3.47. The van der Waals surface area contributed by atoms with Crippen molar-refractivity contribution < 1.29 is 0 Å². The molecule has 0 bridgehead atoms. The Balaban J connectivity index is 0.00000132. The summed E-state index contributed by atoms with van der Waals surface area (Å²) in [6.45, 7) is 6.93. The third-order valence-electron chi connectivity index (χ3n) is 5.25. The Morgan fingerprint density at radius 1 is 1.00 bits per heavy atom. The number of nitrogens with zero attached hydrogens (tertiary/aromatic N) is 2. The maximum absolute atomic E-state index is 4.66. The number of aryl methyl sites for hydroxylation is 1. The van der Waals surface area contributed by atoms with Gasteiger partial charge < -0.3 is 10.2 Å². The van der Waals surface area contributed by atoms with Crippen LogP contribution in [0.2, 0.25) is 0 Å². The molecule has 2 aliphatic heterocycles. The molecule has 2 fully saturated rings. The quantitative estimate of drug-likeness (QED) is 0.871. The molecule has 0 atom stereocenters. The van der Waals surface area contributed by atoms with Crippen LogP contribution in [0, 0.1) is 18.8 Å². The van der Waals surface area contributed by atoms with Gasteiger partial charge in [0.05, 0.1) is 0 Å². The van der Waals surface area contributed by atoms with Crippen LogP contribution in [-0.4, -0.2) is 31.2 Å². The van der Waals surface area contributed by atoms with Gasteiger partial charge in [-0.2, -0.15) is 0 Å². The first-order valence-corrected chi connectivity index (χ1v) is 8.70. The molecule has 0 radical (unpaired) electrons. The second-order valence-corrected chi connectivity index (χ2v) is 6.84. The molecule has 132 valence electrons. The molecule has 5 heteroatoms. The zero-order valence-electron chi connectivity index (χ0n) is 14.2. The van der Waals surface area contributed by atoms with E-state index in [9.17, 15) is 0 Å². The normalized spacial score (nSPS) is 19.8. The lowest BCUT2D eigenvalue weighted by Gasteiger charge is -2.34. The highest BCUT2D eigenvalue weighted by Gasteiger charge is 2.21. The fraction of sp³-hybridized carbons (Fsp3) is 0.722. The number of halogens is 2. The SMILES string of the molecule is Cc1cccc(N2CCC(CCC3CCNCC3)CC2)n1.Cl.Cl. The molecule has 0 saturated carbocycles. The topological polar surface area (TPSA) is 28.2 Å². The van der Waals surface area contributed by atoms with Crippen molar-refractivity contribution in [2.24, 2.45) is 11.8 Å². The fourth-order valence-corrected chi connectivity index (χ4v) is 3.80. The number of rotatable bonds is 4. The van der Waals surface area contributed by atoms with Gasteiger partial charge in [-0.1, -0.05) is 18.9 Å². The van der Waals surface area contributed by atoms with Gasteiger partial charge in [-0.15, -0.1) is 24.8 Å². The second-order valence-electron chi connectivity index (χ2n) is 6.84. The van der Waals surface area contributed by atoms with Crippen LogP contribution in [0.3, 0.4) is 0 Å². The summed E-state index contributed by atoms with van der Waals surface area (Å²) in [7, 11) is 0. The maximum atomic E-state index is 4.66. The minimum atomic E-state index is 0. The lowest BCUT2D eigenvalue weighted by atomic mass is 9.85. The summed E-state index contributed by atoms with van der Waals surface area (Å²) in [5.74, 6) is 3.11. The van der Waals surface area contributed by atoms with Gasteiger partial charge in [0.15, 0.2) is 0 Å². The van der Waals surface area contributed by atoms with Crippen molar-refractivity contribution in [2.75, 3.05) is 31.1 Å². The van der Waals surface area contributed by atoms with E-state index in [0.717, 1.165) is 17.5 Å². The summed E-state index contributed by atoms with van der Waals surface area (Å²) in [5.41, 5.74) is 1.13. The summed E-state index contributed by atoms with van der Waals surface area (Å²) >= 11 is 0. The van der Waals surface area contributed by atoms with Gasteiger partial charge in [-0.25, -0.2) is 4.98 Å². The molecule has 3 rings (SSSR count). The number of aromatic nitrogens is 1. The highest BCUT2D eigenvalue weighted by Crippen LogP contribution is 2.28. The standard InChI is InChI=1S/C18H29N3.2ClH/c1-15-3-2-4-18(20-15)21-13-9-17(10-14-21)6-5-16-7-11-19-12-8-16;;/h2-4,16-17,19H,5-14H2,1H3;2*1H. The second kappa shape index (κ2) is 10.4. The van der Waals surface area contributed by atoms with E-state index >= 15 is 0 Å². The smallest absolute Gasteiger partial charge is 0.128 e. The maximum Gasteiger partial charge on any atom is 0.128 e. The molecule has 0 spiro atoms. The minimum absolute atomic E-state index is 0. The predicted molar refractivity (Wildman–Crippen MR) is 103 cm³/mol. The first-order valence-electron chi connectivity index (χ1n) is 8.70. The van der Waals surface area contributed by atoms with Crippen LogP contribution in [-0.2, 0) is 0 Å². The molecule has 3 nitrogen and oxygen atoms in total.